The maximum absolute atomic E-state index is 13.3. The van der Waals surface area contributed by atoms with Gasteiger partial charge in [-0.25, -0.2) is 14.8 Å². The standard InChI is InChI=1S/C27H29N7O2/c1-4-20-6-5-7-21(16-20)30-26-22-17-24(25(36-3)18-23(22)28-19-29-26)34-15-14-33(27(34)35)13-12-32-10-8-31(2)9-11-32/h1,5-7,14-19H,8-13H2,2-3H3,(H,28,29,30). The number of anilines is 2. The lowest BCUT2D eigenvalue weighted by Gasteiger charge is -2.32. The smallest absolute Gasteiger partial charge is 0.332 e. The number of likely N-dealkylation sites (N-methyl/N-ethyl adjacent to an activating group) is 1. The molecule has 9 heteroatoms. The van der Waals surface area contributed by atoms with Gasteiger partial charge in [-0.05, 0) is 31.3 Å². The summed E-state index contributed by atoms with van der Waals surface area (Å²) in [5.41, 5.74) is 2.79. The van der Waals surface area contributed by atoms with Crippen LogP contribution in [0.4, 0.5) is 11.5 Å². The molecule has 0 unspecified atom stereocenters. The van der Waals surface area contributed by atoms with E-state index in [0.29, 0.717) is 29.3 Å². The van der Waals surface area contributed by atoms with Crippen LogP contribution in [-0.4, -0.2) is 75.8 Å². The normalized spacial score (nSPS) is 14.6. The molecule has 4 aromatic rings. The van der Waals surface area contributed by atoms with E-state index in [0.717, 1.165) is 49.4 Å². The van der Waals surface area contributed by atoms with Crippen molar-refractivity contribution < 1.29 is 4.74 Å². The Labute approximate surface area is 210 Å². The van der Waals surface area contributed by atoms with Gasteiger partial charge in [0.2, 0.25) is 0 Å². The van der Waals surface area contributed by atoms with E-state index in [4.69, 9.17) is 11.2 Å². The fourth-order valence-corrected chi connectivity index (χ4v) is 4.43. The van der Waals surface area contributed by atoms with Crippen LogP contribution in [0.1, 0.15) is 5.56 Å². The number of ether oxygens (including phenoxy) is 1. The van der Waals surface area contributed by atoms with Gasteiger partial charge >= 0.3 is 5.69 Å². The topological polar surface area (TPSA) is 80.5 Å². The molecule has 1 saturated heterocycles. The van der Waals surface area contributed by atoms with Gasteiger partial charge in [-0.2, -0.15) is 0 Å². The molecule has 0 atom stereocenters. The number of piperazine rings is 1. The molecule has 1 aliphatic rings. The van der Waals surface area contributed by atoms with E-state index in [1.54, 1.807) is 22.4 Å². The highest BCUT2D eigenvalue weighted by molar-refractivity contribution is 5.93. The highest BCUT2D eigenvalue weighted by Crippen LogP contribution is 2.31. The molecule has 1 aliphatic heterocycles. The summed E-state index contributed by atoms with van der Waals surface area (Å²) < 4.78 is 8.99. The molecule has 0 saturated carbocycles. The molecule has 0 radical (unpaired) electrons. The quantitative estimate of drug-likeness (QED) is 0.405. The molecule has 5 rings (SSSR count). The molecule has 0 aliphatic carbocycles. The van der Waals surface area contributed by atoms with Crippen molar-refractivity contribution in [2.24, 2.45) is 0 Å². The Balaban J connectivity index is 1.46. The maximum atomic E-state index is 13.3. The summed E-state index contributed by atoms with van der Waals surface area (Å²) in [5.74, 6) is 3.81. The Hall–Kier alpha value is -4.13. The molecule has 0 amide bonds. The Morgan fingerprint density at radius 2 is 1.92 bits per heavy atom. The minimum Gasteiger partial charge on any atom is -0.494 e. The van der Waals surface area contributed by atoms with Gasteiger partial charge in [0.1, 0.15) is 17.9 Å². The predicted octanol–water partition coefficient (Wildman–Crippen LogP) is 2.56. The summed E-state index contributed by atoms with van der Waals surface area (Å²) in [6, 6.07) is 11.3. The van der Waals surface area contributed by atoms with Crippen molar-refractivity contribution in [3.63, 3.8) is 0 Å². The van der Waals surface area contributed by atoms with Crippen molar-refractivity contribution in [2.75, 3.05) is 52.2 Å². The van der Waals surface area contributed by atoms with Crippen molar-refractivity contribution in [1.82, 2.24) is 28.9 Å². The second kappa shape index (κ2) is 10.2. The second-order valence-corrected chi connectivity index (χ2v) is 8.90. The number of terminal acetylenes is 1. The second-order valence-electron chi connectivity index (χ2n) is 8.90. The minimum absolute atomic E-state index is 0.116. The molecular formula is C27H29N7O2. The van der Waals surface area contributed by atoms with Gasteiger partial charge in [0.25, 0.3) is 0 Å². The number of benzene rings is 2. The van der Waals surface area contributed by atoms with Crippen LogP contribution in [0.25, 0.3) is 16.6 Å². The number of aromatic nitrogens is 4. The molecule has 36 heavy (non-hydrogen) atoms. The van der Waals surface area contributed by atoms with E-state index in [1.807, 2.05) is 42.6 Å². The molecule has 1 N–H and O–H groups in total. The highest BCUT2D eigenvalue weighted by atomic mass is 16.5. The van der Waals surface area contributed by atoms with Crippen molar-refractivity contribution in [3.05, 3.63) is 71.2 Å². The van der Waals surface area contributed by atoms with Crippen LogP contribution in [0.3, 0.4) is 0 Å². The third-order valence-electron chi connectivity index (χ3n) is 6.59. The first-order valence-electron chi connectivity index (χ1n) is 11.9. The molecule has 2 aromatic heterocycles. The lowest BCUT2D eigenvalue weighted by Crippen LogP contribution is -2.45. The third-order valence-corrected chi connectivity index (χ3v) is 6.59. The van der Waals surface area contributed by atoms with Crippen molar-refractivity contribution in [2.45, 2.75) is 6.54 Å². The fraction of sp³-hybridized carbons (Fsp3) is 0.296. The van der Waals surface area contributed by atoms with E-state index in [9.17, 15) is 4.79 Å². The number of hydrogen-bond donors (Lipinski definition) is 1. The largest absolute Gasteiger partial charge is 0.494 e. The molecule has 0 bridgehead atoms. The van der Waals surface area contributed by atoms with Gasteiger partial charge in [-0.15, -0.1) is 6.42 Å². The van der Waals surface area contributed by atoms with Gasteiger partial charge in [-0.3, -0.25) is 14.0 Å². The zero-order valence-electron chi connectivity index (χ0n) is 20.5. The van der Waals surface area contributed by atoms with E-state index in [-0.39, 0.29) is 5.69 Å². The summed E-state index contributed by atoms with van der Waals surface area (Å²) in [5, 5.41) is 4.09. The Kier molecular flexibility index (Phi) is 6.71. The van der Waals surface area contributed by atoms with Crippen LogP contribution in [0.15, 0.2) is 59.9 Å². The first-order chi connectivity index (χ1) is 17.6. The van der Waals surface area contributed by atoms with Gasteiger partial charge in [0.05, 0.1) is 18.3 Å². The van der Waals surface area contributed by atoms with E-state index in [2.05, 4.69) is 38.1 Å². The first kappa shape index (κ1) is 23.6. The minimum atomic E-state index is -0.116. The summed E-state index contributed by atoms with van der Waals surface area (Å²) in [7, 11) is 3.73. The lowest BCUT2D eigenvalue weighted by atomic mass is 10.1. The summed E-state index contributed by atoms with van der Waals surface area (Å²) in [6.07, 6.45) is 10.7. The van der Waals surface area contributed by atoms with Gasteiger partial charge in [0.15, 0.2) is 0 Å². The number of rotatable bonds is 7. The maximum Gasteiger partial charge on any atom is 0.332 e. The third kappa shape index (κ3) is 4.82. The number of nitrogens with zero attached hydrogens (tertiary/aromatic N) is 6. The zero-order chi connectivity index (χ0) is 25.1. The van der Waals surface area contributed by atoms with Crippen molar-refractivity contribution >= 4 is 22.4 Å². The molecule has 1 fully saturated rings. The number of hydrogen-bond acceptors (Lipinski definition) is 7. The average molecular weight is 484 g/mol. The Morgan fingerprint density at radius 3 is 2.69 bits per heavy atom. The summed E-state index contributed by atoms with van der Waals surface area (Å²) in [6.45, 7) is 5.61. The Morgan fingerprint density at radius 1 is 1.08 bits per heavy atom. The van der Waals surface area contributed by atoms with Crippen LogP contribution in [0.2, 0.25) is 0 Å². The summed E-state index contributed by atoms with van der Waals surface area (Å²) in [4.78, 5) is 26.9. The molecule has 9 nitrogen and oxygen atoms in total. The van der Waals surface area contributed by atoms with Crippen LogP contribution < -0.4 is 15.7 Å². The van der Waals surface area contributed by atoms with Gasteiger partial charge < -0.3 is 15.0 Å². The van der Waals surface area contributed by atoms with E-state index >= 15 is 0 Å². The average Bonchev–Trinajstić information content (AvgIpc) is 3.27. The van der Waals surface area contributed by atoms with Crippen molar-refractivity contribution in [3.8, 4) is 23.8 Å². The van der Waals surface area contributed by atoms with Gasteiger partial charge in [0, 0.05) is 74.4 Å². The number of fused-ring (bicyclic) bond motifs is 1. The van der Waals surface area contributed by atoms with Crippen LogP contribution in [-0.2, 0) is 6.54 Å². The van der Waals surface area contributed by atoms with E-state index in [1.165, 1.54) is 6.33 Å². The molecule has 0 spiro atoms. The lowest BCUT2D eigenvalue weighted by molar-refractivity contribution is 0.149. The van der Waals surface area contributed by atoms with Crippen LogP contribution in [0, 0.1) is 12.3 Å². The highest BCUT2D eigenvalue weighted by Gasteiger charge is 2.17. The van der Waals surface area contributed by atoms with Crippen LogP contribution in [0.5, 0.6) is 5.75 Å². The molecular weight excluding hydrogens is 454 g/mol. The SMILES string of the molecule is C#Cc1cccc(Nc2ncnc3cc(OC)c(-n4ccn(CCN5CCN(C)CC5)c4=O)cc23)c1. The molecule has 3 heterocycles. The van der Waals surface area contributed by atoms with Crippen LogP contribution >= 0.6 is 0 Å². The summed E-state index contributed by atoms with van der Waals surface area (Å²) >= 11 is 0. The predicted molar refractivity (Wildman–Crippen MR) is 141 cm³/mol. The number of nitrogens with one attached hydrogen (secondary N) is 1. The van der Waals surface area contributed by atoms with Crippen molar-refractivity contribution in [1.29, 1.82) is 0 Å². The zero-order valence-corrected chi connectivity index (χ0v) is 20.5. The Bertz CT molecular complexity index is 1480. The fourth-order valence-electron chi connectivity index (χ4n) is 4.43. The van der Waals surface area contributed by atoms with E-state index < -0.39 is 0 Å². The molecule has 184 valence electrons. The number of methoxy groups -OCH3 is 1. The monoisotopic (exact) mass is 483 g/mol. The number of imidazole rings is 1. The molecule has 2 aromatic carbocycles. The first-order valence-corrected chi connectivity index (χ1v) is 11.9. The van der Waals surface area contributed by atoms with Gasteiger partial charge in [-0.1, -0.05) is 12.0 Å².